The average molecular weight is 317 g/mol. The maximum absolute atomic E-state index is 12.2. The highest BCUT2D eigenvalue weighted by Crippen LogP contribution is 2.08. The number of hydrogen-bond acceptors (Lipinski definition) is 5. The van der Waals surface area contributed by atoms with Crippen LogP contribution in [0.5, 0.6) is 0 Å². The van der Waals surface area contributed by atoms with E-state index < -0.39 is 10.0 Å². The number of amides is 1. The van der Waals surface area contributed by atoms with Crippen LogP contribution in [0.3, 0.4) is 0 Å². The number of carbonyl (C=O) groups is 1. The summed E-state index contributed by atoms with van der Waals surface area (Å²) < 4.78 is 26.3. The van der Waals surface area contributed by atoms with Crippen LogP contribution in [0, 0.1) is 0 Å². The van der Waals surface area contributed by atoms with Crippen LogP contribution in [-0.4, -0.2) is 65.1 Å². The summed E-state index contributed by atoms with van der Waals surface area (Å²) in [7, 11) is -2.29. The minimum absolute atomic E-state index is 0.308. The predicted octanol–water partition coefficient (Wildman–Crippen LogP) is 1.01. The molecule has 1 aromatic heterocycles. The van der Waals surface area contributed by atoms with Crippen LogP contribution < -0.4 is 0 Å². The first-order valence-corrected chi connectivity index (χ1v) is 8.49. The Balaban J connectivity index is 2.95. The molecule has 0 saturated heterocycles. The highest BCUT2D eigenvalue weighted by Gasteiger charge is 2.26. The van der Waals surface area contributed by atoms with Gasteiger partial charge in [0, 0.05) is 26.7 Å². The van der Waals surface area contributed by atoms with Crippen molar-refractivity contribution in [2.24, 2.45) is 0 Å². The van der Waals surface area contributed by atoms with E-state index in [1.165, 1.54) is 7.05 Å². The van der Waals surface area contributed by atoms with Crippen LogP contribution >= 0.6 is 0 Å². The van der Waals surface area contributed by atoms with Crippen molar-refractivity contribution in [3.8, 4) is 0 Å². The first kappa shape index (κ1) is 17.6. The second kappa shape index (κ2) is 7.51. The molecule has 8 nitrogen and oxygen atoms in total. The highest BCUT2D eigenvalue weighted by atomic mass is 32.2. The van der Waals surface area contributed by atoms with Gasteiger partial charge in [0.25, 0.3) is 15.2 Å². The smallest absolute Gasteiger partial charge is 0.323 e. The maximum atomic E-state index is 12.2. The highest BCUT2D eigenvalue weighted by molar-refractivity contribution is 7.88. The summed E-state index contributed by atoms with van der Waals surface area (Å²) in [6.07, 6.45) is 3.01. The van der Waals surface area contributed by atoms with E-state index in [0.29, 0.717) is 19.6 Å². The van der Waals surface area contributed by atoms with Crippen LogP contribution in [0.25, 0.3) is 0 Å². The van der Waals surface area contributed by atoms with Gasteiger partial charge in [0.05, 0.1) is 0 Å². The Kier molecular flexibility index (Phi) is 6.28. The summed E-state index contributed by atoms with van der Waals surface area (Å²) in [5, 5.41) is 3.46. The van der Waals surface area contributed by atoms with Gasteiger partial charge in [0.2, 0.25) is 0 Å². The molecule has 0 aliphatic heterocycles. The molecule has 0 saturated carbocycles. The second-order valence-corrected chi connectivity index (χ2v) is 6.55. The second-order valence-electron chi connectivity index (χ2n) is 4.61. The molecule has 21 heavy (non-hydrogen) atoms. The van der Waals surface area contributed by atoms with E-state index in [1.807, 2.05) is 13.8 Å². The molecule has 1 amide bonds. The number of nitrogens with zero attached hydrogens (tertiary/aromatic N) is 5. The lowest BCUT2D eigenvalue weighted by atomic mass is 10.3. The Labute approximate surface area is 125 Å². The molecule has 0 aliphatic carbocycles. The molecule has 0 N–H and O–H groups in total. The van der Waals surface area contributed by atoms with E-state index >= 15 is 0 Å². The van der Waals surface area contributed by atoms with Crippen LogP contribution in [0.1, 0.15) is 33.6 Å². The third-order valence-corrected chi connectivity index (χ3v) is 4.91. The fourth-order valence-corrected chi connectivity index (χ4v) is 2.64. The van der Waals surface area contributed by atoms with Gasteiger partial charge in [-0.1, -0.05) is 20.3 Å². The third kappa shape index (κ3) is 4.01. The standard InChI is InChI=1S/C12H23N5O3S/c1-5-8-9-16(7-3)12(18)17-10-13-11(14-17)21(19,20)15(4)6-2/h10H,5-9H2,1-4H3. The van der Waals surface area contributed by atoms with Crippen LogP contribution in [0.4, 0.5) is 4.79 Å². The van der Waals surface area contributed by atoms with Crippen molar-refractivity contribution < 1.29 is 13.2 Å². The molecule has 0 atom stereocenters. The molecular weight excluding hydrogens is 294 g/mol. The van der Waals surface area contributed by atoms with Gasteiger partial charge in [-0.25, -0.2) is 18.2 Å². The van der Waals surface area contributed by atoms with E-state index in [4.69, 9.17) is 0 Å². The normalized spacial score (nSPS) is 11.9. The topological polar surface area (TPSA) is 88.4 Å². The van der Waals surface area contributed by atoms with Crippen LogP contribution in [0.15, 0.2) is 11.5 Å². The third-order valence-electron chi connectivity index (χ3n) is 3.19. The lowest BCUT2D eigenvalue weighted by molar-refractivity contribution is 0.197. The molecule has 0 radical (unpaired) electrons. The average Bonchev–Trinajstić information content (AvgIpc) is 2.97. The van der Waals surface area contributed by atoms with E-state index in [0.717, 1.165) is 28.2 Å². The Morgan fingerprint density at radius 1 is 1.29 bits per heavy atom. The van der Waals surface area contributed by atoms with Gasteiger partial charge in [0.1, 0.15) is 6.33 Å². The fraction of sp³-hybridized carbons (Fsp3) is 0.750. The molecule has 1 heterocycles. The quantitative estimate of drug-likeness (QED) is 0.749. The summed E-state index contributed by atoms with van der Waals surface area (Å²) in [6.45, 7) is 7.08. The summed E-state index contributed by atoms with van der Waals surface area (Å²) in [6, 6.07) is -0.362. The number of unbranched alkanes of at least 4 members (excludes halogenated alkanes) is 1. The molecule has 0 aliphatic rings. The van der Waals surface area contributed by atoms with Crippen molar-refractivity contribution in [3.63, 3.8) is 0 Å². The molecule has 1 rings (SSSR count). The molecule has 0 unspecified atom stereocenters. The largest absolute Gasteiger partial charge is 0.346 e. The molecule has 0 aromatic carbocycles. The molecule has 0 spiro atoms. The summed E-state index contributed by atoms with van der Waals surface area (Å²) in [5.41, 5.74) is 0. The van der Waals surface area contributed by atoms with E-state index in [-0.39, 0.29) is 11.2 Å². The molecule has 0 bridgehead atoms. The number of aromatic nitrogens is 3. The van der Waals surface area contributed by atoms with Crippen LogP contribution in [-0.2, 0) is 10.0 Å². The summed E-state index contributed by atoms with van der Waals surface area (Å²) >= 11 is 0. The zero-order valence-corrected chi connectivity index (χ0v) is 13.8. The van der Waals surface area contributed by atoms with Crippen molar-refractivity contribution in [1.29, 1.82) is 0 Å². The van der Waals surface area contributed by atoms with E-state index in [2.05, 4.69) is 10.1 Å². The molecule has 120 valence electrons. The van der Waals surface area contributed by atoms with Crippen molar-refractivity contribution in [2.75, 3.05) is 26.7 Å². The van der Waals surface area contributed by atoms with Crippen molar-refractivity contribution in [3.05, 3.63) is 6.33 Å². The van der Waals surface area contributed by atoms with Crippen molar-refractivity contribution in [2.45, 2.75) is 38.8 Å². The SMILES string of the molecule is CCCCN(CC)C(=O)n1cnc(S(=O)(=O)N(C)CC)n1. The van der Waals surface area contributed by atoms with Gasteiger partial charge in [-0.05, 0) is 13.3 Å². The Morgan fingerprint density at radius 2 is 1.95 bits per heavy atom. The Morgan fingerprint density at radius 3 is 2.48 bits per heavy atom. The number of hydrogen-bond donors (Lipinski definition) is 0. The minimum Gasteiger partial charge on any atom is -0.323 e. The number of sulfonamides is 1. The zero-order chi connectivity index (χ0) is 16.0. The molecule has 0 fully saturated rings. The zero-order valence-electron chi connectivity index (χ0n) is 13.0. The predicted molar refractivity (Wildman–Crippen MR) is 78.5 cm³/mol. The summed E-state index contributed by atoms with van der Waals surface area (Å²) in [5.74, 6) is 0. The molecule has 1 aromatic rings. The number of carbonyl (C=O) groups excluding carboxylic acids is 1. The van der Waals surface area contributed by atoms with Crippen molar-refractivity contribution >= 4 is 16.1 Å². The lowest BCUT2D eigenvalue weighted by Gasteiger charge is -2.19. The Bertz CT molecular complexity index is 569. The Hall–Kier alpha value is -1.48. The first-order chi connectivity index (χ1) is 9.88. The van der Waals surface area contributed by atoms with Crippen molar-refractivity contribution in [1.82, 2.24) is 24.0 Å². The van der Waals surface area contributed by atoms with Gasteiger partial charge in [-0.2, -0.15) is 8.99 Å². The minimum atomic E-state index is -3.73. The molecule has 9 heteroatoms. The molecular formula is C12H23N5O3S. The fourth-order valence-electron chi connectivity index (χ4n) is 1.65. The lowest BCUT2D eigenvalue weighted by Crippen LogP contribution is -2.36. The first-order valence-electron chi connectivity index (χ1n) is 7.05. The summed E-state index contributed by atoms with van der Waals surface area (Å²) in [4.78, 5) is 17.6. The monoisotopic (exact) mass is 317 g/mol. The van der Waals surface area contributed by atoms with Gasteiger partial charge >= 0.3 is 6.03 Å². The van der Waals surface area contributed by atoms with E-state index in [1.54, 1.807) is 11.8 Å². The maximum Gasteiger partial charge on any atom is 0.346 e. The van der Waals surface area contributed by atoms with Gasteiger partial charge in [-0.3, -0.25) is 0 Å². The van der Waals surface area contributed by atoms with E-state index in [9.17, 15) is 13.2 Å². The van der Waals surface area contributed by atoms with Crippen LogP contribution in [0.2, 0.25) is 0 Å². The van der Waals surface area contributed by atoms with Gasteiger partial charge in [0.15, 0.2) is 0 Å². The van der Waals surface area contributed by atoms with Gasteiger partial charge < -0.3 is 4.90 Å². The van der Waals surface area contributed by atoms with Gasteiger partial charge in [-0.15, -0.1) is 5.10 Å². The number of rotatable bonds is 7.